The molecular weight excluding hydrogens is 468 g/mol. The molecule has 0 unspecified atom stereocenters. The van der Waals surface area contributed by atoms with Gasteiger partial charge in [0.1, 0.15) is 0 Å². The molecule has 0 aromatic heterocycles. The summed E-state index contributed by atoms with van der Waals surface area (Å²) < 4.78 is 7.28. The van der Waals surface area contributed by atoms with Crippen LogP contribution in [0.3, 0.4) is 0 Å². The van der Waals surface area contributed by atoms with Crippen LogP contribution in [0.25, 0.3) is 0 Å². The van der Waals surface area contributed by atoms with E-state index >= 15 is 0 Å². The highest BCUT2D eigenvalue weighted by atomic mass is 28.4. The Morgan fingerprint density at radius 2 is 1.24 bits per heavy atom. The molecule has 1 fully saturated rings. The van der Waals surface area contributed by atoms with Gasteiger partial charge < -0.3 is 4.43 Å². The van der Waals surface area contributed by atoms with Gasteiger partial charge in [0.25, 0.3) is 8.32 Å². The number of rotatable bonds is 8. The molecule has 4 heteroatoms. The first kappa shape index (κ1) is 27.8. The van der Waals surface area contributed by atoms with Gasteiger partial charge in [0.15, 0.2) is 0 Å². The Bertz CT molecular complexity index is 1050. The van der Waals surface area contributed by atoms with Gasteiger partial charge in [-0.05, 0) is 48.2 Å². The van der Waals surface area contributed by atoms with Gasteiger partial charge in [-0.3, -0.25) is 9.80 Å². The van der Waals surface area contributed by atoms with Gasteiger partial charge in [-0.15, -0.1) is 0 Å². The lowest BCUT2D eigenvalue weighted by Crippen LogP contribution is -2.67. The molecule has 4 rings (SSSR count). The van der Waals surface area contributed by atoms with Crippen molar-refractivity contribution in [2.24, 2.45) is 0 Å². The second kappa shape index (κ2) is 11.7. The zero-order valence-electron chi connectivity index (χ0n) is 23.8. The van der Waals surface area contributed by atoms with E-state index in [1.807, 2.05) is 0 Å². The largest absolute Gasteiger partial charge is 0.407 e. The summed E-state index contributed by atoms with van der Waals surface area (Å²) in [6.45, 7) is 19.2. The van der Waals surface area contributed by atoms with E-state index in [2.05, 4.69) is 142 Å². The van der Waals surface area contributed by atoms with Crippen LogP contribution in [0.5, 0.6) is 0 Å². The van der Waals surface area contributed by atoms with Crippen LogP contribution in [0.2, 0.25) is 5.04 Å². The van der Waals surface area contributed by atoms with Crippen molar-refractivity contribution in [3.05, 3.63) is 96.6 Å². The lowest BCUT2D eigenvalue weighted by Gasteiger charge is -2.48. The Balaban J connectivity index is 1.60. The van der Waals surface area contributed by atoms with Crippen LogP contribution in [-0.2, 0) is 11.0 Å². The zero-order valence-corrected chi connectivity index (χ0v) is 24.8. The maximum Gasteiger partial charge on any atom is 0.261 e. The van der Waals surface area contributed by atoms with Gasteiger partial charge in [-0.25, -0.2) is 0 Å². The smallest absolute Gasteiger partial charge is 0.261 e. The van der Waals surface area contributed by atoms with Gasteiger partial charge in [-0.2, -0.15) is 0 Å². The zero-order chi connectivity index (χ0) is 26.5. The number of nitrogens with zero attached hydrogens (tertiary/aromatic N) is 2. The number of piperazine rings is 1. The molecule has 0 amide bonds. The standard InChI is InChI=1S/C33H46N2OSi/c1-32(2,3)35-24-23-34(26-28-16-10-7-11-17-28)29(27-35)22-25-36-37(33(4,5)6,30-18-12-8-13-19-30)31-20-14-9-15-21-31/h7-21,29H,22-27H2,1-6H3/t29-/m0/s1. The molecule has 198 valence electrons. The van der Waals surface area contributed by atoms with Crippen LogP contribution >= 0.6 is 0 Å². The summed E-state index contributed by atoms with van der Waals surface area (Å²) in [6.07, 6.45) is 1.03. The molecule has 0 bridgehead atoms. The summed E-state index contributed by atoms with van der Waals surface area (Å²) in [7, 11) is -2.52. The molecule has 0 aliphatic carbocycles. The van der Waals surface area contributed by atoms with Crippen LogP contribution < -0.4 is 10.4 Å². The first-order valence-corrected chi connectivity index (χ1v) is 15.8. The van der Waals surface area contributed by atoms with Gasteiger partial charge >= 0.3 is 0 Å². The van der Waals surface area contributed by atoms with Crippen molar-refractivity contribution < 1.29 is 4.43 Å². The summed E-state index contributed by atoms with van der Waals surface area (Å²) in [5.41, 5.74) is 1.57. The minimum Gasteiger partial charge on any atom is -0.407 e. The van der Waals surface area contributed by atoms with Gasteiger partial charge in [0.05, 0.1) is 0 Å². The van der Waals surface area contributed by atoms with Crippen molar-refractivity contribution in [2.75, 3.05) is 26.2 Å². The molecule has 1 saturated heterocycles. The van der Waals surface area contributed by atoms with Crippen molar-refractivity contribution >= 4 is 18.7 Å². The summed E-state index contributed by atoms with van der Waals surface area (Å²) in [4.78, 5) is 5.34. The lowest BCUT2D eigenvalue weighted by molar-refractivity contribution is 0.00997. The van der Waals surface area contributed by atoms with Crippen LogP contribution in [0, 0.1) is 0 Å². The van der Waals surface area contributed by atoms with Gasteiger partial charge in [0, 0.05) is 44.4 Å². The van der Waals surface area contributed by atoms with E-state index < -0.39 is 8.32 Å². The van der Waals surface area contributed by atoms with Crippen molar-refractivity contribution in [3.63, 3.8) is 0 Å². The van der Waals surface area contributed by atoms with Gasteiger partial charge in [-0.1, -0.05) is 112 Å². The molecule has 1 aliphatic heterocycles. The fourth-order valence-corrected chi connectivity index (χ4v) is 10.5. The van der Waals surface area contributed by atoms with E-state index in [4.69, 9.17) is 4.43 Å². The minimum atomic E-state index is -2.52. The molecule has 0 saturated carbocycles. The molecule has 37 heavy (non-hydrogen) atoms. The third-order valence-corrected chi connectivity index (χ3v) is 13.0. The first-order chi connectivity index (χ1) is 17.6. The number of benzene rings is 3. The quantitative estimate of drug-likeness (QED) is 0.346. The Kier molecular flexibility index (Phi) is 8.75. The first-order valence-electron chi connectivity index (χ1n) is 13.9. The topological polar surface area (TPSA) is 15.7 Å². The average molecular weight is 515 g/mol. The Morgan fingerprint density at radius 3 is 1.73 bits per heavy atom. The van der Waals surface area contributed by atoms with E-state index in [0.29, 0.717) is 6.04 Å². The monoisotopic (exact) mass is 514 g/mol. The molecular formula is C33H46N2OSi. The van der Waals surface area contributed by atoms with Crippen molar-refractivity contribution in [3.8, 4) is 0 Å². The molecule has 3 aromatic carbocycles. The van der Waals surface area contributed by atoms with Crippen molar-refractivity contribution in [2.45, 2.75) is 71.1 Å². The Morgan fingerprint density at radius 1 is 0.730 bits per heavy atom. The lowest BCUT2D eigenvalue weighted by atomic mass is 10.00. The van der Waals surface area contributed by atoms with Crippen LogP contribution in [0.4, 0.5) is 0 Å². The van der Waals surface area contributed by atoms with E-state index in [1.165, 1.54) is 15.9 Å². The molecule has 0 N–H and O–H groups in total. The van der Waals surface area contributed by atoms with Crippen molar-refractivity contribution in [1.82, 2.24) is 9.80 Å². The highest BCUT2D eigenvalue weighted by molar-refractivity contribution is 6.99. The molecule has 0 radical (unpaired) electrons. The predicted molar refractivity (Wildman–Crippen MR) is 160 cm³/mol. The number of hydrogen-bond donors (Lipinski definition) is 0. The van der Waals surface area contributed by atoms with Crippen LogP contribution in [0.15, 0.2) is 91.0 Å². The minimum absolute atomic E-state index is 0.00341. The van der Waals surface area contributed by atoms with Crippen LogP contribution in [-0.4, -0.2) is 55.9 Å². The van der Waals surface area contributed by atoms with Crippen molar-refractivity contribution in [1.29, 1.82) is 0 Å². The third kappa shape index (κ3) is 6.43. The second-order valence-corrected chi connectivity index (χ2v) is 16.8. The number of hydrogen-bond acceptors (Lipinski definition) is 3. The molecule has 1 atom stereocenters. The molecule has 3 nitrogen and oxygen atoms in total. The molecule has 1 aliphatic rings. The molecule has 3 aromatic rings. The maximum absolute atomic E-state index is 7.28. The molecule has 0 spiro atoms. The average Bonchev–Trinajstić information content (AvgIpc) is 2.88. The normalized spacial score (nSPS) is 18.2. The molecule has 1 heterocycles. The third-order valence-electron chi connectivity index (χ3n) is 7.97. The SMILES string of the molecule is CC(C)(C)N1CCN(Cc2ccccc2)[C@@H](CCO[Si](c2ccccc2)(c2ccccc2)C(C)(C)C)C1. The predicted octanol–water partition coefficient (Wildman–Crippen LogP) is 5.94. The Labute approximate surface area is 226 Å². The highest BCUT2D eigenvalue weighted by Crippen LogP contribution is 2.37. The van der Waals surface area contributed by atoms with E-state index in [9.17, 15) is 0 Å². The van der Waals surface area contributed by atoms with E-state index in [1.54, 1.807) is 0 Å². The van der Waals surface area contributed by atoms with Crippen LogP contribution in [0.1, 0.15) is 53.5 Å². The maximum atomic E-state index is 7.28. The summed E-state index contributed by atoms with van der Waals surface area (Å²) >= 11 is 0. The fraction of sp³-hybridized carbons (Fsp3) is 0.455. The summed E-state index contributed by atoms with van der Waals surface area (Å²) in [6, 6.07) is 33.4. The van der Waals surface area contributed by atoms with E-state index in [0.717, 1.165) is 39.2 Å². The summed E-state index contributed by atoms with van der Waals surface area (Å²) in [5, 5.41) is 2.72. The highest BCUT2D eigenvalue weighted by Gasteiger charge is 2.50. The fourth-order valence-electron chi connectivity index (χ4n) is 5.91. The van der Waals surface area contributed by atoms with Gasteiger partial charge in [0.2, 0.25) is 0 Å². The Hall–Kier alpha value is -2.24. The van der Waals surface area contributed by atoms with E-state index in [-0.39, 0.29) is 10.6 Å². The summed E-state index contributed by atoms with van der Waals surface area (Å²) in [5.74, 6) is 0. The second-order valence-electron chi connectivity index (χ2n) is 12.5.